The Morgan fingerprint density at radius 2 is 2.00 bits per heavy atom. The zero-order chi connectivity index (χ0) is 13.8. The molecule has 3 aromatic rings. The molecule has 0 unspecified atom stereocenters. The molecule has 0 radical (unpaired) electrons. The molecule has 0 fully saturated rings. The van der Waals surface area contributed by atoms with Crippen molar-refractivity contribution in [3.8, 4) is 0 Å². The highest BCUT2D eigenvalue weighted by Gasteiger charge is 2.00. The minimum atomic E-state index is 0.445. The number of hydrogen-bond acceptors (Lipinski definition) is 2. The van der Waals surface area contributed by atoms with Gasteiger partial charge in [0.2, 0.25) is 0 Å². The van der Waals surface area contributed by atoms with Crippen molar-refractivity contribution in [1.29, 1.82) is 0 Å². The molecule has 3 rings (SSSR count). The average Bonchev–Trinajstić information content (AvgIpc) is 3.05. The fraction of sp³-hybridized carbons (Fsp3) is 0.250. The van der Waals surface area contributed by atoms with Crippen LogP contribution >= 0.6 is 11.6 Å². The summed E-state index contributed by atoms with van der Waals surface area (Å²) in [6.07, 6.45) is 3.23. The summed E-state index contributed by atoms with van der Waals surface area (Å²) in [4.78, 5) is 0. The van der Waals surface area contributed by atoms with Gasteiger partial charge in [-0.05, 0) is 54.2 Å². The van der Waals surface area contributed by atoms with Gasteiger partial charge in [0.05, 0.1) is 6.54 Å². The van der Waals surface area contributed by atoms with Crippen LogP contribution in [0.2, 0.25) is 5.22 Å². The van der Waals surface area contributed by atoms with Gasteiger partial charge in [-0.1, -0.05) is 18.2 Å². The number of fused-ring (bicyclic) bond motifs is 1. The van der Waals surface area contributed by atoms with Gasteiger partial charge in [-0.25, -0.2) is 0 Å². The molecule has 0 amide bonds. The van der Waals surface area contributed by atoms with Crippen LogP contribution in [0.25, 0.3) is 10.9 Å². The minimum absolute atomic E-state index is 0.445. The van der Waals surface area contributed by atoms with Gasteiger partial charge in [0.1, 0.15) is 5.76 Å². The number of benzene rings is 1. The molecule has 0 saturated heterocycles. The van der Waals surface area contributed by atoms with Crippen LogP contribution < -0.4 is 5.32 Å². The van der Waals surface area contributed by atoms with Crippen LogP contribution in [0.4, 0.5) is 0 Å². The first kappa shape index (κ1) is 13.3. The van der Waals surface area contributed by atoms with E-state index >= 15 is 0 Å². The molecule has 0 aliphatic rings. The first-order valence-corrected chi connectivity index (χ1v) is 7.19. The number of nitrogens with one attached hydrogen (secondary N) is 1. The lowest BCUT2D eigenvalue weighted by Crippen LogP contribution is -2.15. The number of halogens is 1. The van der Waals surface area contributed by atoms with Gasteiger partial charge in [-0.2, -0.15) is 0 Å². The molecule has 0 atom stereocenters. The summed E-state index contributed by atoms with van der Waals surface area (Å²) in [5, 5.41) is 5.10. The van der Waals surface area contributed by atoms with Gasteiger partial charge in [-0.3, -0.25) is 0 Å². The number of aromatic nitrogens is 1. The normalized spacial score (nSPS) is 11.2. The Balaban J connectivity index is 1.46. The summed E-state index contributed by atoms with van der Waals surface area (Å²) in [7, 11) is 0. The second kappa shape index (κ2) is 6.16. The van der Waals surface area contributed by atoms with E-state index in [0.717, 1.165) is 31.8 Å². The van der Waals surface area contributed by atoms with Crippen molar-refractivity contribution < 1.29 is 4.42 Å². The van der Waals surface area contributed by atoms with Crippen molar-refractivity contribution in [2.45, 2.75) is 19.5 Å². The predicted octanol–water partition coefficient (Wildman–Crippen LogP) is 4.07. The van der Waals surface area contributed by atoms with Crippen LogP contribution in [0.5, 0.6) is 0 Å². The van der Waals surface area contributed by atoms with Crippen LogP contribution in [0, 0.1) is 0 Å². The zero-order valence-corrected chi connectivity index (χ0v) is 11.9. The molecular formula is C16H17ClN2O. The van der Waals surface area contributed by atoms with E-state index in [9.17, 15) is 0 Å². The molecule has 0 bridgehead atoms. The summed E-state index contributed by atoms with van der Waals surface area (Å²) in [6.45, 7) is 2.68. The Morgan fingerprint density at radius 3 is 2.85 bits per heavy atom. The van der Waals surface area contributed by atoms with Gasteiger partial charge in [0.15, 0.2) is 5.22 Å². The van der Waals surface area contributed by atoms with E-state index in [-0.39, 0.29) is 0 Å². The standard InChI is InChI=1S/C16H17ClN2O/c17-16-7-6-14(20-16)12-18-9-3-10-19-11-8-13-4-1-2-5-15(13)19/h1-2,4-8,11,18H,3,9-10,12H2. The summed E-state index contributed by atoms with van der Waals surface area (Å²) in [6, 6.07) is 14.3. The number of furan rings is 1. The third-order valence-electron chi connectivity index (χ3n) is 3.36. The zero-order valence-electron chi connectivity index (χ0n) is 11.2. The molecule has 104 valence electrons. The van der Waals surface area contributed by atoms with E-state index in [4.69, 9.17) is 16.0 Å². The fourth-order valence-corrected chi connectivity index (χ4v) is 2.53. The SMILES string of the molecule is Clc1ccc(CNCCCn2ccc3ccccc32)o1. The molecule has 2 heterocycles. The molecule has 20 heavy (non-hydrogen) atoms. The average molecular weight is 289 g/mol. The van der Waals surface area contributed by atoms with Crippen LogP contribution in [-0.2, 0) is 13.1 Å². The maximum absolute atomic E-state index is 5.73. The summed E-state index contributed by atoms with van der Waals surface area (Å²) in [5.74, 6) is 0.876. The van der Waals surface area contributed by atoms with Gasteiger partial charge in [-0.15, -0.1) is 0 Å². The Hall–Kier alpha value is -1.71. The highest BCUT2D eigenvalue weighted by molar-refractivity contribution is 6.28. The van der Waals surface area contributed by atoms with Crippen LogP contribution in [0.3, 0.4) is 0 Å². The Morgan fingerprint density at radius 1 is 1.10 bits per heavy atom. The predicted molar refractivity (Wildman–Crippen MR) is 82.0 cm³/mol. The Labute approximate surface area is 123 Å². The van der Waals surface area contributed by atoms with Crippen LogP contribution in [-0.4, -0.2) is 11.1 Å². The number of rotatable bonds is 6. The van der Waals surface area contributed by atoms with E-state index in [1.165, 1.54) is 10.9 Å². The molecular weight excluding hydrogens is 272 g/mol. The largest absolute Gasteiger partial charge is 0.448 e. The van der Waals surface area contributed by atoms with Crippen molar-refractivity contribution in [3.05, 3.63) is 59.6 Å². The van der Waals surface area contributed by atoms with Crippen molar-refractivity contribution in [2.24, 2.45) is 0 Å². The van der Waals surface area contributed by atoms with Crippen molar-refractivity contribution in [2.75, 3.05) is 6.54 Å². The van der Waals surface area contributed by atoms with Crippen molar-refractivity contribution >= 4 is 22.5 Å². The molecule has 0 aliphatic heterocycles. The molecule has 2 aromatic heterocycles. The summed E-state index contributed by atoms with van der Waals surface area (Å²) >= 11 is 5.73. The third kappa shape index (κ3) is 3.06. The summed E-state index contributed by atoms with van der Waals surface area (Å²) < 4.78 is 7.58. The van der Waals surface area contributed by atoms with E-state index in [0.29, 0.717) is 5.22 Å². The number of para-hydroxylation sites is 1. The lowest BCUT2D eigenvalue weighted by molar-refractivity contribution is 0.478. The van der Waals surface area contributed by atoms with E-state index < -0.39 is 0 Å². The molecule has 0 aliphatic carbocycles. The highest BCUT2D eigenvalue weighted by Crippen LogP contribution is 2.15. The van der Waals surface area contributed by atoms with E-state index in [2.05, 4.69) is 46.4 Å². The molecule has 4 heteroatoms. The lowest BCUT2D eigenvalue weighted by Gasteiger charge is -2.06. The maximum atomic E-state index is 5.73. The van der Waals surface area contributed by atoms with Gasteiger partial charge in [0, 0.05) is 18.3 Å². The number of hydrogen-bond donors (Lipinski definition) is 1. The first-order chi connectivity index (χ1) is 9.83. The van der Waals surface area contributed by atoms with Gasteiger partial charge < -0.3 is 14.3 Å². The number of nitrogens with zero attached hydrogens (tertiary/aromatic N) is 1. The fourth-order valence-electron chi connectivity index (χ4n) is 2.37. The highest BCUT2D eigenvalue weighted by atomic mass is 35.5. The van der Waals surface area contributed by atoms with E-state index in [1.54, 1.807) is 6.07 Å². The molecule has 3 nitrogen and oxygen atoms in total. The molecule has 1 N–H and O–H groups in total. The van der Waals surface area contributed by atoms with Crippen LogP contribution in [0.1, 0.15) is 12.2 Å². The van der Waals surface area contributed by atoms with Gasteiger partial charge in [0.25, 0.3) is 0 Å². The topological polar surface area (TPSA) is 30.1 Å². The second-order valence-corrected chi connectivity index (χ2v) is 5.18. The molecule has 0 spiro atoms. The Kier molecular flexibility index (Phi) is 4.09. The maximum Gasteiger partial charge on any atom is 0.193 e. The van der Waals surface area contributed by atoms with Crippen LogP contribution in [0.15, 0.2) is 53.1 Å². The smallest absolute Gasteiger partial charge is 0.193 e. The first-order valence-electron chi connectivity index (χ1n) is 6.82. The van der Waals surface area contributed by atoms with E-state index in [1.807, 2.05) is 6.07 Å². The Bertz CT molecular complexity index is 686. The summed E-state index contributed by atoms with van der Waals surface area (Å²) in [5.41, 5.74) is 1.30. The third-order valence-corrected chi connectivity index (χ3v) is 3.56. The van der Waals surface area contributed by atoms with Crippen molar-refractivity contribution in [1.82, 2.24) is 9.88 Å². The molecule has 1 aromatic carbocycles. The monoisotopic (exact) mass is 288 g/mol. The molecule has 0 saturated carbocycles. The second-order valence-electron chi connectivity index (χ2n) is 4.80. The minimum Gasteiger partial charge on any atom is -0.448 e. The lowest BCUT2D eigenvalue weighted by atomic mass is 10.2. The quantitative estimate of drug-likeness (QED) is 0.693. The number of aryl methyl sites for hydroxylation is 1. The van der Waals surface area contributed by atoms with Gasteiger partial charge >= 0.3 is 0 Å². The van der Waals surface area contributed by atoms with Crippen molar-refractivity contribution in [3.63, 3.8) is 0 Å².